The summed E-state index contributed by atoms with van der Waals surface area (Å²) < 4.78 is 3.66. The van der Waals surface area contributed by atoms with Crippen LogP contribution in [-0.2, 0) is 20.6 Å². The van der Waals surface area contributed by atoms with Crippen LogP contribution in [0.5, 0.6) is 0 Å². The van der Waals surface area contributed by atoms with Crippen LogP contribution >= 0.6 is 11.6 Å². The molecule has 0 atom stereocenters. The monoisotopic (exact) mass is 347 g/mol. The molecule has 3 rings (SSSR count). The number of aryl methyl sites for hydroxylation is 1. The molecule has 3 aromatic rings. The van der Waals surface area contributed by atoms with E-state index >= 15 is 0 Å². The minimum atomic E-state index is -1.18. The third-order valence-corrected chi connectivity index (χ3v) is 4.18. The molecule has 0 aliphatic rings. The molecule has 2 aromatic heterocycles. The third kappa shape index (κ3) is 2.43. The number of halogens is 1. The summed E-state index contributed by atoms with van der Waals surface area (Å²) in [6.07, 6.45) is 0. The van der Waals surface area contributed by atoms with Crippen molar-refractivity contribution in [3.05, 3.63) is 67.4 Å². The minimum Gasteiger partial charge on any atom is -0.477 e. The van der Waals surface area contributed by atoms with E-state index in [-0.39, 0.29) is 23.3 Å². The van der Waals surface area contributed by atoms with Gasteiger partial charge in [0, 0.05) is 25.7 Å². The number of aromatic carboxylic acids is 1. The molecular weight excluding hydrogens is 334 g/mol. The highest BCUT2D eigenvalue weighted by atomic mass is 35.5. The number of aromatic nitrogens is 3. The second kappa shape index (κ2) is 5.68. The van der Waals surface area contributed by atoms with E-state index in [1.807, 2.05) is 0 Å². The van der Waals surface area contributed by atoms with E-state index in [4.69, 9.17) is 11.6 Å². The smallest absolute Gasteiger partial charge is 0.352 e. The van der Waals surface area contributed by atoms with Gasteiger partial charge in [-0.1, -0.05) is 23.7 Å². The summed E-state index contributed by atoms with van der Waals surface area (Å²) in [5.74, 6) is -1.18. The fraction of sp³-hybridized carbons (Fsp3) is 0.188. The Morgan fingerprint density at radius 2 is 1.88 bits per heavy atom. The Hall–Kier alpha value is -2.80. The quantitative estimate of drug-likeness (QED) is 0.776. The predicted octanol–water partition coefficient (Wildman–Crippen LogP) is 1.44. The van der Waals surface area contributed by atoms with Gasteiger partial charge in [-0.15, -0.1) is 0 Å². The lowest BCUT2D eigenvalue weighted by molar-refractivity contribution is 0.0686. The zero-order valence-electron chi connectivity index (χ0n) is 13.0. The maximum atomic E-state index is 12.3. The highest BCUT2D eigenvalue weighted by molar-refractivity contribution is 6.30. The first-order chi connectivity index (χ1) is 11.3. The molecule has 24 heavy (non-hydrogen) atoms. The topological polar surface area (TPSA) is 86.2 Å². The predicted molar refractivity (Wildman–Crippen MR) is 89.9 cm³/mol. The fourth-order valence-corrected chi connectivity index (χ4v) is 3.01. The third-order valence-electron chi connectivity index (χ3n) is 3.94. The Labute approximate surface area is 140 Å². The summed E-state index contributed by atoms with van der Waals surface area (Å²) in [6, 6.07) is 8.26. The SMILES string of the molecule is Cn1c(=O)c2cc(C(=O)O)n(Cc3cccc(Cl)c3)c2n(C)c1=O. The second-order valence-corrected chi connectivity index (χ2v) is 5.93. The molecule has 0 spiro atoms. The summed E-state index contributed by atoms with van der Waals surface area (Å²) >= 11 is 5.97. The van der Waals surface area contributed by atoms with Gasteiger partial charge < -0.3 is 9.67 Å². The van der Waals surface area contributed by atoms with Gasteiger partial charge in [-0.05, 0) is 23.8 Å². The minimum absolute atomic E-state index is 0.0664. The van der Waals surface area contributed by atoms with Crippen molar-refractivity contribution in [2.45, 2.75) is 6.54 Å². The maximum absolute atomic E-state index is 12.3. The molecule has 0 radical (unpaired) electrons. The Bertz CT molecular complexity index is 1090. The number of hydrogen-bond donors (Lipinski definition) is 1. The van der Waals surface area contributed by atoms with Crippen molar-refractivity contribution < 1.29 is 9.90 Å². The lowest BCUT2D eigenvalue weighted by Gasteiger charge is -2.12. The lowest BCUT2D eigenvalue weighted by Crippen LogP contribution is -2.37. The van der Waals surface area contributed by atoms with Crippen molar-refractivity contribution in [3.8, 4) is 0 Å². The van der Waals surface area contributed by atoms with Gasteiger partial charge in [-0.25, -0.2) is 9.59 Å². The van der Waals surface area contributed by atoms with Crippen LogP contribution in [0.4, 0.5) is 0 Å². The van der Waals surface area contributed by atoms with E-state index in [2.05, 4.69) is 0 Å². The number of rotatable bonds is 3. The molecular formula is C16H14ClN3O4. The molecule has 124 valence electrons. The average molecular weight is 348 g/mol. The lowest BCUT2D eigenvalue weighted by atomic mass is 10.2. The van der Waals surface area contributed by atoms with E-state index in [1.165, 1.54) is 29.3 Å². The molecule has 0 saturated heterocycles. The molecule has 0 amide bonds. The van der Waals surface area contributed by atoms with Gasteiger partial charge in [0.2, 0.25) is 0 Å². The molecule has 0 unspecified atom stereocenters. The first-order valence-electron chi connectivity index (χ1n) is 7.08. The normalized spacial score (nSPS) is 11.1. The summed E-state index contributed by atoms with van der Waals surface area (Å²) in [7, 11) is 2.86. The molecule has 1 N–H and O–H groups in total. The Balaban J connectivity index is 2.37. The standard InChI is InChI=1S/C16H14ClN3O4/c1-18-13-11(14(21)19(2)16(18)24)7-12(15(22)23)20(13)8-9-4-3-5-10(17)6-9/h3-7H,8H2,1-2H3,(H,22,23). The van der Waals surface area contributed by atoms with Gasteiger partial charge in [0.15, 0.2) is 0 Å². The first-order valence-corrected chi connectivity index (χ1v) is 7.46. The maximum Gasteiger partial charge on any atom is 0.352 e. The van der Waals surface area contributed by atoms with Crippen LogP contribution in [0.25, 0.3) is 11.0 Å². The zero-order chi connectivity index (χ0) is 17.6. The Kier molecular flexibility index (Phi) is 3.81. The fourth-order valence-electron chi connectivity index (χ4n) is 2.80. The molecule has 2 heterocycles. The number of nitrogens with zero attached hydrogens (tertiary/aromatic N) is 3. The van der Waals surface area contributed by atoms with E-state index in [9.17, 15) is 19.5 Å². The van der Waals surface area contributed by atoms with E-state index < -0.39 is 17.2 Å². The van der Waals surface area contributed by atoms with Gasteiger partial charge in [0.1, 0.15) is 11.3 Å². The molecule has 0 saturated carbocycles. The van der Waals surface area contributed by atoms with E-state index in [0.29, 0.717) is 5.02 Å². The molecule has 0 bridgehead atoms. The summed E-state index contributed by atoms with van der Waals surface area (Å²) in [5, 5.41) is 10.2. The van der Waals surface area contributed by atoms with Crippen LogP contribution in [0.15, 0.2) is 39.9 Å². The number of hydrogen-bond acceptors (Lipinski definition) is 3. The molecule has 0 aliphatic heterocycles. The van der Waals surface area contributed by atoms with Gasteiger partial charge in [-0.2, -0.15) is 0 Å². The summed E-state index contributed by atoms with van der Waals surface area (Å²) in [4.78, 5) is 36.1. The van der Waals surface area contributed by atoms with Crippen LogP contribution < -0.4 is 11.2 Å². The van der Waals surface area contributed by atoms with Crippen LogP contribution in [0.1, 0.15) is 16.1 Å². The molecule has 0 aliphatic carbocycles. The van der Waals surface area contributed by atoms with E-state index in [0.717, 1.165) is 10.1 Å². The number of carbonyl (C=O) groups is 1. The highest BCUT2D eigenvalue weighted by Gasteiger charge is 2.20. The number of carboxylic acids is 1. The molecule has 1 aromatic carbocycles. The largest absolute Gasteiger partial charge is 0.477 e. The zero-order valence-corrected chi connectivity index (χ0v) is 13.7. The Morgan fingerprint density at radius 1 is 1.17 bits per heavy atom. The molecule has 8 heteroatoms. The first kappa shape index (κ1) is 16.1. The van der Waals surface area contributed by atoms with Crippen molar-refractivity contribution >= 4 is 28.6 Å². The van der Waals surface area contributed by atoms with Gasteiger partial charge in [0.05, 0.1) is 5.39 Å². The van der Waals surface area contributed by atoms with Crippen molar-refractivity contribution in [3.63, 3.8) is 0 Å². The van der Waals surface area contributed by atoms with Crippen LogP contribution in [0.3, 0.4) is 0 Å². The average Bonchev–Trinajstić information content (AvgIpc) is 2.90. The molecule has 7 nitrogen and oxygen atoms in total. The van der Waals surface area contributed by atoms with Gasteiger partial charge >= 0.3 is 11.7 Å². The number of carboxylic acid groups (broad SMARTS) is 1. The second-order valence-electron chi connectivity index (χ2n) is 5.49. The number of benzene rings is 1. The Morgan fingerprint density at radius 3 is 2.50 bits per heavy atom. The van der Waals surface area contributed by atoms with Crippen molar-refractivity contribution in [1.29, 1.82) is 0 Å². The van der Waals surface area contributed by atoms with Crippen molar-refractivity contribution in [2.75, 3.05) is 0 Å². The van der Waals surface area contributed by atoms with Crippen LogP contribution in [0, 0.1) is 0 Å². The van der Waals surface area contributed by atoms with E-state index in [1.54, 1.807) is 24.3 Å². The summed E-state index contributed by atoms with van der Waals surface area (Å²) in [6.45, 7) is 0.173. The van der Waals surface area contributed by atoms with Gasteiger partial charge in [0.25, 0.3) is 5.56 Å². The van der Waals surface area contributed by atoms with Gasteiger partial charge in [-0.3, -0.25) is 13.9 Å². The van der Waals surface area contributed by atoms with Crippen molar-refractivity contribution in [1.82, 2.24) is 13.7 Å². The molecule has 0 fully saturated rings. The van der Waals surface area contributed by atoms with Crippen molar-refractivity contribution in [2.24, 2.45) is 14.1 Å². The number of fused-ring (bicyclic) bond motifs is 1. The summed E-state index contributed by atoms with van der Waals surface area (Å²) in [5.41, 5.74) is -0.0882. The van der Waals surface area contributed by atoms with Crippen LogP contribution in [0.2, 0.25) is 5.02 Å². The highest BCUT2D eigenvalue weighted by Crippen LogP contribution is 2.19. The van der Waals surface area contributed by atoms with Crippen LogP contribution in [-0.4, -0.2) is 24.8 Å².